The smallest absolute Gasteiger partial charge is 0.258 e. The van der Waals surface area contributed by atoms with Crippen LogP contribution in [0.4, 0.5) is 5.69 Å². The fourth-order valence-electron chi connectivity index (χ4n) is 4.19. The molecule has 0 saturated heterocycles. The maximum atomic E-state index is 12.4. The van der Waals surface area contributed by atoms with Crippen molar-refractivity contribution in [1.29, 1.82) is 0 Å². The highest BCUT2D eigenvalue weighted by atomic mass is 16.5. The normalized spacial score (nSPS) is 23.0. The zero-order chi connectivity index (χ0) is 18.7. The van der Waals surface area contributed by atoms with E-state index in [1.165, 1.54) is 19.3 Å². The van der Waals surface area contributed by atoms with Crippen molar-refractivity contribution < 1.29 is 14.3 Å². The molecule has 1 heterocycles. The third-order valence-corrected chi connectivity index (χ3v) is 5.57. The number of hydrogen-bond donors (Lipinski definition) is 2. The van der Waals surface area contributed by atoms with Crippen molar-refractivity contribution in [3.05, 3.63) is 23.8 Å². The predicted molar refractivity (Wildman–Crippen MR) is 102 cm³/mol. The number of carbonyl (C=O) groups excluding carboxylic acids is 2. The zero-order valence-electron chi connectivity index (χ0n) is 16.1. The molecule has 1 aliphatic carbocycles. The molecule has 1 saturated carbocycles. The van der Waals surface area contributed by atoms with Crippen LogP contribution in [-0.4, -0.2) is 24.5 Å². The van der Waals surface area contributed by atoms with Gasteiger partial charge in [0.1, 0.15) is 5.75 Å². The van der Waals surface area contributed by atoms with Gasteiger partial charge in [0.05, 0.1) is 0 Å². The number of anilines is 1. The lowest BCUT2D eigenvalue weighted by Crippen LogP contribution is -2.48. The molecule has 0 bridgehead atoms. The number of rotatable bonds is 4. The van der Waals surface area contributed by atoms with Gasteiger partial charge in [-0.15, -0.1) is 0 Å². The van der Waals surface area contributed by atoms with E-state index in [2.05, 4.69) is 31.4 Å². The average Bonchev–Trinajstić information content (AvgIpc) is 2.59. The number of nitrogens with one attached hydrogen (secondary N) is 2. The van der Waals surface area contributed by atoms with E-state index in [9.17, 15) is 9.59 Å². The molecule has 1 fully saturated rings. The highest BCUT2D eigenvalue weighted by Gasteiger charge is 2.34. The Kier molecular flexibility index (Phi) is 5.54. The summed E-state index contributed by atoms with van der Waals surface area (Å²) in [4.78, 5) is 23.8. The molecular weight excluding hydrogens is 328 g/mol. The van der Waals surface area contributed by atoms with Gasteiger partial charge >= 0.3 is 0 Å². The first kappa shape index (κ1) is 18.7. The molecule has 1 aromatic rings. The van der Waals surface area contributed by atoms with E-state index in [1.807, 2.05) is 12.1 Å². The van der Waals surface area contributed by atoms with Gasteiger partial charge in [0.15, 0.2) is 6.61 Å². The number of benzene rings is 1. The summed E-state index contributed by atoms with van der Waals surface area (Å²) in [6, 6.07) is 5.80. The minimum atomic E-state index is -0.0582. The predicted octanol–water partition coefficient (Wildman–Crippen LogP) is 3.67. The van der Waals surface area contributed by atoms with E-state index >= 15 is 0 Å². The molecule has 1 aliphatic heterocycles. The molecular formula is C21H30N2O3. The van der Waals surface area contributed by atoms with Gasteiger partial charge in [0, 0.05) is 18.2 Å². The quantitative estimate of drug-likeness (QED) is 0.863. The number of hydrogen-bond acceptors (Lipinski definition) is 3. The van der Waals surface area contributed by atoms with Gasteiger partial charge in [0.2, 0.25) is 5.91 Å². The van der Waals surface area contributed by atoms with Crippen molar-refractivity contribution >= 4 is 17.5 Å². The van der Waals surface area contributed by atoms with Crippen LogP contribution in [-0.2, 0) is 16.0 Å². The lowest BCUT2D eigenvalue weighted by Gasteiger charge is -2.40. The first-order valence-electron chi connectivity index (χ1n) is 9.68. The van der Waals surface area contributed by atoms with E-state index in [0.29, 0.717) is 24.5 Å². The van der Waals surface area contributed by atoms with Crippen molar-refractivity contribution in [3.63, 3.8) is 0 Å². The third kappa shape index (κ3) is 4.57. The SMILES string of the molecule is CC(C)(C)C1CCCCC1NC(=O)COc1ccc2c(c1)CCC(=O)N2. The van der Waals surface area contributed by atoms with Gasteiger partial charge in [-0.25, -0.2) is 0 Å². The molecule has 2 amide bonds. The van der Waals surface area contributed by atoms with Gasteiger partial charge in [0.25, 0.3) is 5.91 Å². The van der Waals surface area contributed by atoms with Crippen LogP contribution < -0.4 is 15.4 Å². The molecule has 2 N–H and O–H groups in total. The van der Waals surface area contributed by atoms with Gasteiger partial charge in [-0.2, -0.15) is 0 Å². The number of carbonyl (C=O) groups is 2. The summed E-state index contributed by atoms with van der Waals surface area (Å²) in [5.41, 5.74) is 2.10. The standard InChI is InChI=1S/C21H30N2O3/c1-21(2,3)16-6-4-5-7-18(16)23-20(25)13-26-15-9-10-17-14(12-15)8-11-19(24)22-17/h9-10,12,16,18H,4-8,11,13H2,1-3H3,(H,22,24)(H,23,25). The summed E-state index contributed by atoms with van der Waals surface area (Å²) in [7, 11) is 0. The summed E-state index contributed by atoms with van der Waals surface area (Å²) in [5, 5.41) is 6.04. The second-order valence-electron chi connectivity index (χ2n) is 8.59. The monoisotopic (exact) mass is 358 g/mol. The second-order valence-corrected chi connectivity index (χ2v) is 8.59. The maximum absolute atomic E-state index is 12.4. The summed E-state index contributed by atoms with van der Waals surface area (Å²) in [6.07, 6.45) is 5.84. The largest absolute Gasteiger partial charge is 0.484 e. The summed E-state index contributed by atoms with van der Waals surface area (Å²) >= 11 is 0. The van der Waals surface area contributed by atoms with Crippen LogP contribution in [0.1, 0.15) is 58.4 Å². The second kappa shape index (κ2) is 7.68. The Morgan fingerprint density at radius 1 is 1.23 bits per heavy atom. The minimum Gasteiger partial charge on any atom is -0.484 e. The fraction of sp³-hybridized carbons (Fsp3) is 0.619. The molecule has 1 aromatic carbocycles. The summed E-state index contributed by atoms with van der Waals surface area (Å²) < 4.78 is 5.70. The van der Waals surface area contributed by atoms with Crippen molar-refractivity contribution in [2.75, 3.05) is 11.9 Å². The van der Waals surface area contributed by atoms with Crippen LogP contribution in [0.5, 0.6) is 5.75 Å². The lowest BCUT2D eigenvalue weighted by molar-refractivity contribution is -0.124. The Morgan fingerprint density at radius 3 is 2.77 bits per heavy atom. The summed E-state index contributed by atoms with van der Waals surface area (Å²) in [5.74, 6) is 1.17. The molecule has 2 aliphatic rings. The number of fused-ring (bicyclic) bond motifs is 1. The molecule has 2 atom stereocenters. The Hall–Kier alpha value is -2.04. The molecule has 0 aromatic heterocycles. The van der Waals surface area contributed by atoms with E-state index in [0.717, 1.165) is 17.7 Å². The van der Waals surface area contributed by atoms with Crippen molar-refractivity contribution in [2.45, 2.75) is 65.3 Å². The molecule has 3 rings (SSSR count). The molecule has 0 spiro atoms. The molecule has 26 heavy (non-hydrogen) atoms. The van der Waals surface area contributed by atoms with Crippen LogP contribution in [0.25, 0.3) is 0 Å². The number of ether oxygens (including phenoxy) is 1. The fourth-order valence-corrected chi connectivity index (χ4v) is 4.19. The van der Waals surface area contributed by atoms with Gasteiger partial charge in [-0.05, 0) is 54.4 Å². The Morgan fingerprint density at radius 2 is 2.00 bits per heavy atom. The van der Waals surface area contributed by atoms with Crippen LogP contribution in [0.15, 0.2) is 18.2 Å². The van der Waals surface area contributed by atoms with Gasteiger partial charge in [-0.1, -0.05) is 33.6 Å². The zero-order valence-corrected chi connectivity index (χ0v) is 16.1. The number of aryl methyl sites for hydroxylation is 1. The van der Waals surface area contributed by atoms with Crippen LogP contribution in [0.2, 0.25) is 0 Å². The topological polar surface area (TPSA) is 67.4 Å². The van der Waals surface area contributed by atoms with Gasteiger partial charge in [-0.3, -0.25) is 9.59 Å². The van der Waals surface area contributed by atoms with Crippen LogP contribution >= 0.6 is 0 Å². The van der Waals surface area contributed by atoms with Crippen LogP contribution in [0.3, 0.4) is 0 Å². The average molecular weight is 358 g/mol. The van der Waals surface area contributed by atoms with E-state index < -0.39 is 0 Å². The Bertz CT molecular complexity index is 678. The first-order valence-corrected chi connectivity index (χ1v) is 9.68. The van der Waals surface area contributed by atoms with Gasteiger partial charge < -0.3 is 15.4 Å². The van der Waals surface area contributed by atoms with Crippen molar-refractivity contribution in [1.82, 2.24) is 5.32 Å². The van der Waals surface area contributed by atoms with Crippen molar-refractivity contribution in [2.24, 2.45) is 11.3 Å². The Labute approximate surface area is 155 Å². The number of amides is 2. The van der Waals surface area contributed by atoms with Crippen LogP contribution in [0, 0.1) is 11.3 Å². The lowest BCUT2D eigenvalue weighted by atomic mass is 9.69. The van der Waals surface area contributed by atoms with E-state index in [1.54, 1.807) is 6.07 Å². The third-order valence-electron chi connectivity index (χ3n) is 5.57. The highest BCUT2D eigenvalue weighted by Crippen LogP contribution is 2.38. The molecule has 2 unspecified atom stereocenters. The van der Waals surface area contributed by atoms with Crippen molar-refractivity contribution in [3.8, 4) is 5.75 Å². The highest BCUT2D eigenvalue weighted by molar-refractivity contribution is 5.94. The van der Waals surface area contributed by atoms with E-state index in [-0.39, 0.29) is 29.9 Å². The molecule has 142 valence electrons. The molecule has 5 nitrogen and oxygen atoms in total. The maximum Gasteiger partial charge on any atom is 0.258 e. The Balaban J connectivity index is 1.55. The van der Waals surface area contributed by atoms with E-state index in [4.69, 9.17) is 4.74 Å². The molecule has 0 radical (unpaired) electrons. The minimum absolute atomic E-state index is 0.0263. The summed E-state index contributed by atoms with van der Waals surface area (Å²) in [6.45, 7) is 6.79. The molecule has 5 heteroatoms. The first-order chi connectivity index (χ1) is 12.3.